The number of nitrogens with one attached hydrogen (secondary N) is 1. The monoisotopic (exact) mass is 183 g/mol. The topological polar surface area (TPSA) is 49.3 Å². The molecule has 1 saturated heterocycles. The summed E-state index contributed by atoms with van der Waals surface area (Å²) in [7, 11) is 0. The molecule has 0 aromatic rings. The zero-order chi connectivity index (χ0) is 9.31. The number of fused-ring (bicyclic) bond motifs is 2. The van der Waals surface area contributed by atoms with Crippen LogP contribution in [0, 0.1) is 5.92 Å². The second-order valence-corrected chi connectivity index (χ2v) is 4.47. The first-order chi connectivity index (χ1) is 6.24. The molecule has 1 heterocycles. The van der Waals surface area contributed by atoms with E-state index in [-0.39, 0.29) is 18.1 Å². The van der Waals surface area contributed by atoms with E-state index in [9.17, 15) is 4.79 Å². The van der Waals surface area contributed by atoms with E-state index in [0.29, 0.717) is 12.3 Å². The smallest absolute Gasteiger partial charge is 0.220 e. The minimum atomic E-state index is -0.0486. The molecule has 0 radical (unpaired) electrons. The van der Waals surface area contributed by atoms with Crippen molar-refractivity contribution in [2.45, 2.75) is 44.1 Å². The normalized spacial score (nSPS) is 38.5. The SMILES string of the molecule is O=C1CC2CCCC(CCO)(C2)N1. The minimum absolute atomic E-state index is 0.0486. The molecule has 2 N–H and O–H groups in total. The summed E-state index contributed by atoms with van der Waals surface area (Å²) in [6.45, 7) is 0.188. The number of hydrogen-bond donors (Lipinski definition) is 2. The molecular weight excluding hydrogens is 166 g/mol. The summed E-state index contributed by atoms with van der Waals surface area (Å²) in [5.41, 5.74) is -0.0486. The lowest BCUT2D eigenvalue weighted by molar-refractivity contribution is -0.128. The average molecular weight is 183 g/mol. The average Bonchev–Trinajstić information content (AvgIpc) is 2.02. The van der Waals surface area contributed by atoms with Gasteiger partial charge in [0.15, 0.2) is 0 Å². The van der Waals surface area contributed by atoms with Gasteiger partial charge >= 0.3 is 0 Å². The maximum absolute atomic E-state index is 11.4. The van der Waals surface area contributed by atoms with E-state index in [4.69, 9.17) is 5.11 Å². The molecule has 2 fully saturated rings. The highest BCUT2D eigenvalue weighted by atomic mass is 16.3. The van der Waals surface area contributed by atoms with Crippen LogP contribution in [0.1, 0.15) is 38.5 Å². The largest absolute Gasteiger partial charge is 0.396 e. The number of carbonyl (C=O) groups excluding carboxylic acids is 1. The Balaban J connectivity index is 2.10. The zero-order valence-electron chi connectivity index (χ0n) is 7.88. The molecule has 1 amide bonds. The van der Waals surface area contributed by atoms with Crippen molar-refractivity contribution in [1.82, 2.24) is 5.32 Å². The quantitative estimate of drug-likeness (QED) is 0.666. The number of carbonyl (C=O) groups is 1. The van der Waals surface area contributed by atoms with Crippen LogP contribution in [-0.4, -0.2) is 23.2 Å². The van der Waals surface area contributed by atoms with Crippen LogP contribution in [0.25, 0.3) is 0 Å². The first kappa shape index (κ1) is 9.00. The Morgan fingerprint density at radius 1 is 1.62 bits per heavy atom. The van der Waals surface area contributed by atoms with Crippen LogP contribution < -0.4 is 5.32 Å². The molecule has 0 spiro atoms. The van der Waals surface area contributed by atoms with Gasteiger partial charge < -0.3 is 10.4 Å². The van der Waals surface area contributed by atoms with Crippen molar-refractivity contribution >= 4 is 5.91 Å². The third-order valence-electron chi connectivity index (χ3n) is 3.42. The molecule has 1 saturated carbocycles. The fourth-order valence-electron chi connectivity index (χ4n) is 2.89. The van der Waals surface area contributed by atoms with Gasteiger partial charge in [-0.3, -0.25) is 4.79 Å². The van der Waals surface area contributed by atoms with Crippen LogP contribution in [-0.2, 0) is 4.79 Å². The van der Waals surface area contributed by atoms with Crippen LogP contribution >= 0.6 is 0 Å². The maximum atomic E-state index is 11.4. The molecule has 2 unspecified atom stereocenters. The third kappa shape index (κ3) is 1.70. The Hall–Kier alpha value is -0.570. The highest BCUT2D eigenvalue weighted by Gasteiger charge is 2.41. The predicted octanol–water partition coefficient (Wildman–Crippen LogP) is 0.818. The lowest BCUT2D eigenvalue weighted by atomic mass is 9.70. The van der Waals surface area contributed by atoms with Gasteiger partial charge in [-0.2, -0.15) is 0 Å². The molecule has 3 nitrogen and oxygen atoms in total. The van der Waals surface area contributed by atoms with Crippen molar-refractivity contribution in [3.8, 4) is 0 Å². The van der Waals surface area contributed by atoms with Gasteiger partial charge in [-0.25, -0.2) is 0 Å². The van der Waals surface area contributed by atoms with Gasteiger partial charge in [-0.15, -0.1) is 0 Å². The van der Waals surface area contributed by atoms with E-state index in [1.54, 1.807) is 0 Å². The molecule has 74 valence electrons. The second-order valence-electron chi connectivity index (χ2n) is 4.47. The minimum Gasteiger partial charge on any atom is -0.396 e. The summed E-state index contributed by atoms with van der Waals surface area (Å²) in [5.74, 6) is 0.762. The van der Waals surface area contributed by atoms with Gasteiger partial charge in [0.2, 0.25) is 5.91 Å². The molecule has 2 aliphatic rings. The van der Waals surface area contributed by atoms with Crippen LogP contribution in [0.2, 0.25) is 0 Å². The molecule has 3 heteroatoms. The molecule has 2 bridgehead atoms. The summed E-state index contributed by atoms with van der Waals surface area (Å²) in [6.07, 6.45) is 5.96. The highest BCUT2D eigenvalue weighted by molar-refractivity contribution is 5.78. The Labute approximate surface area is 78.5 Å². The molecule has 0 aromatic heterocycles. The summed E-state index contributed by atoms with van der Waals surface area (Å²) in [5, 5.41) is 12.0. The first-order valence-electron chi connectivity index (χ1n) is 5.16. The standard InChI is InChI=1S/C10H17NO2/c12-5-4-10-3-1-2-8(7-10)6-9(13)11-10/h8,12H,1-7H2,(H,11,13). The fraction of sp³-hybridized carbons (Fsp3) is 0.900. The highest BCUT2D eigenvalue weighted by Crippen LogP contribution is 2.39. The van der Waals surface area contributed by atoms with Crippen LogP contribution in [0.4, 0.5) is 0 Å². The summed E-state index contributed by atoms with van der Waals surface area (Å²) in [4.78, 5) is 11.4. The molecule has 2 rings (SSSR count). The van der Waals surface area contributed by atoms with E-state index in [0.717, 1.165) is 19.3 Å². The van der Waals surface area contributed by atoms with E-state index in [1.807, 2.05) is 0 Å². The first-order valence-corrected chi connectivity index (χ1v) is 5.16. The summed E-state index contributed by atoms with van der Waals surface area (Å²) < 4.78 is 0. The molecule has 0 aromatic carbocycles. The van der Waals surface area contributed by atoms with E-state index >= 15 is 0 Å². The van der Waals surface area contributed by atoms with Gasteiger partial charge in [0.1, 0.15) is 0 Å². The third-order valence-corrected chi connectivity index (χ3v) is 3.42. The second kappa shape index (κ2) is 3.29. The van der Waals surface area contributed by atoms with E-state index in [2.05, 4.69) is 5.32 Å². The summed E-state index contributed by atoms with van der Waals surface area (Å²) >= 11 is 0. The summed E-state index contributed by atoms with van der Waals surface area (Å²) in [6, 6.07) is 0. The Morgan fingerprint density at radius 3 is 3.23 bits per heavy atom. The number of hydrogen-bond acceptors (Lipinski definition) is 2. The predicted molar refractivity (Wildman–Crippen MR) is 49.2 cm³/mol. The van der Waals surface area contributed by atoms with Crippen molar-refractivity contribution < 1.29 is 9.90 Å². The van der Waals surface area contributed by atoms with Gasteiger partial charge in [0, 0.05) is 18.6 Å². The van der Waals surface area contributed by atoms with Crippen molar-refractivity contribution in [3.63, 3.8) is 0 Å². The fourth-order valence-corrected chi connectivity index (χ4v) is 2.89. The number of rotatable bonds is 2. The number of aliphatic hydroxyl groups is 1. The van der Waals surface area contributed by atoms with Crippen molar-refractivity contribution in [3.05, 3.63) is 0 Å². The Morgan fingerprint density at radius 2 is 2.46 bits per heavy atom. The van der Waals surface area contributed by atoms with Crippen LogP contribution in [0.5, 0.6) is 0 Å². The molecule has 1 aliphatic heterocycles. The maximum Gasteiger partial charge on any atom is 0.220 e. The Kier molecular flexibility index (Phi) is 2.28. The Bertz CT molecular complexity index is 213. The molecular formula is C10H17NO2. The van der Waals surface area contributed by atoms with E-state index < -0.39 is 0 Å². The molecule has 13 heavy (non-hydrogen) atoms. The molecule has 2 atom stereocenters. The van der Waals surface area contributed by atoms with Gasteiger partial charge in [-0.05, 0) is 31.6 Å². The lowest BCUT2D eigenvalue weighted by Gasteiger charge is -2.45. The van der Waals surface area contributed by atoms with Crippen LogP contribution in [0.15, 0.2) is 0 Å². The number of amides is 1. The number of piperidine rings is 1. The number of aliphatic hydroxyl groups excluding tert-OH is 1. The lowest BCUT2D eigenvalue weighted by Crippen LogP contribution is -2.56. The van der Waals surface area contributed by atoms with Crippen molar-refractivity contribution in [2.24, 2.45) is 5.92 Å². The van der Waals surface area contributed by atoms with Gasteiger partial charge in [0.05, 0.1) is 0 Å². The molecule has 1 aliphatic carbocycles. The van der Waals surface area contributed by atoms with Crippen molar-refractivity contribution in [1.29, 1.82) is 0 Å². The van der Waals surface area contributed by atoms with E-state index in [1.165, 1.54) is 12.8 Å². The van der Waals surface area contributed by atoms with Crippen molar-refractivity contribution in [2.75, 3.05) is 6.61 Å². The van der Waals surface area contributed by atoms with Gasteiger partial charge in [0.25, 0.3) is 0 Å². The van der Waals surface area contributed by atoms with Crippen LogP contribution in [0.3, 0.4) is 0 Å². The van der Waals surface area contributed by atoms with Gasteiger partial charge in [-0.1, -0.05) is 6.42 Å². The zero-order valence-corrected chi connectivity index (χ0v) is 7.88.